The highest BCUT2D eigenvalue weighted by molar-refractivity contribution is 9.10. The Morgan fingerprint density at radius 1 is 0.974 bits per heavy atom. The molecule has 0 radical (unpaired) electrons. The van der Waals surface area contributed by atoms with Crippen LogP contribution in [0.5, 0.6) is 0 Å². The molecule has 4 nitrogen and oxygen atoms in total. The van der Waals surface area contributed by atoms with Crippen LogP contribution in [-0.4, -0.2) is 11.9 Å². The molecule has 1 fully saturated rings. The Morgan fingerprint density at radius 2 is 1.68 bits per heavy atom. The third-order valence-electron chi connectivity index (χ3n) is 6.90. The molecule has 1 saturated carbocycles. The molecule has 9 heteroatoms. The molecule has 1 aliphatic rings. The number of nitrogens with one attached hydrogen (secondary N) is 1. The van der Waals surface area contributed by atoms with E-state index in [9.17, 15) is 27.2 Å². The number of benzene rings is 3. The van der Waals surface area contributed by atoms with Gasteiger partial charge in [-0.25, -0.2) is 4.39 Å². The highest BCUT2D eigenvalue weighted by atomic mass is 79.9. The van der Waals surface area contributed by atoms with Gasteiger partial charge in [0.05, 0.1) is 11.3 Å². The van der Waals surface area contributed by atoms with Crippen LogP contribution < -0.4 is 5.32 Å². The smallest absolute Gasteiger partial charge is 0.416 e. The molecule has 1 aliphatic carbocycles. The Kier molecular flexibility index (Phi) is 8.87. The summed E-state index contributed by atoms with van der Waals surface area (Å²) in [5, 5.41) is 2.46. The van der Waals surface area contributed by atoms with E-state index < -0.39 is 41.3 Å². The molecule has 38 heavy (non-hydrogen) atoms. The Bertz CT molecular complexity index is 1270. The Hall–Kier alpha value is -3.20. The minimum atomic E-state index is -4.70. The second kappa shape index (κ2) is 12.1. The molecule has 1 amide bonds. The summed E-state index contributed by atoms with van der Waals surface area (Å²) in [7, 11) is 0. The normalized spacial score (nSPS) is 19.6. The van der Waals surface area contributed by atoms with Crippen molar-refractivity contribution in [1.82, 2.24) is 0 Å². The Balaban J connectivity index is 1.54. The average Bonchev–Trinajstić information content (AvgIpc) is 2.89. The number of hydrogen-bond donors (Lipinski definition) is 1. The van der Waals surface area contributed by atoms with Gasteiger partial charge in [-0.15, -0.1) is 0 Å². The summed E-state index contributed by atoms with van der Waals surface area (Å²) in [5.41, 5.74) is 0.326. The molecule has 0 unspecified atom stereocenters. The molecule has 0 spiro atoms. The number of ether oxygens (including phenoxy) is 1. The van der Waals surface area contributed by atoms with Gasteiger partial charge in [-0.1, -0.05) is 64.8 Å². The molecule has 3 aromatic carbocycles. The first-order chi connectivity index (χ1) is 18.1. The van der Waals surface area contributed by atoms with Crippen LogP contribution in [0.25, 0.3) is 0 Å². The molecule has 3 aromatic rings. The van der Waals surface area contributed by atoms with Crippen molar-refractivity contribution in [1.29, 1.82) is 0 Å². The van der Waals surface area contributed by atoms with E-state index in [0.29, 0.717) is 18.9 Å². The van der Waals surface area contributed by atoms with Crippen LogP contribution in [0.4, 0.5) is 23.2 Å². The minimum absolute atomic E-state index is 0.0266. The predicted octanol–water partition coefficient (Wildman–Crippen LogP) is 7.88. The van der Waals surface area contributed by atoms with Crippen LogP contribution >= 0.6 is 15.9 Å². The predicted molar refractivity (Wildman–Crippen MR) is 139 cm³/mol. The SMILES string of the molecule is O=C(C[C@@H]1[C@@H](c2ccc(Br)cc2)CCC[C@H]1C(=O)Nc1ccc(C(F)(F)F)cc1F)OCc1ccccc1. The van der Waals surface area contributed by atoms with Gasteiger partial charge in [0.2, 0.25) is 5.91 Å². The van der Waals surface area contributed by atoms with Crippen molar-refractivity contribution < 1.29 is 31.9 Å². The zero-order valence-corrected chi connectivity index (χ0v) is 21.9. The first kappa shape index (κ1) is 27.8. The van der Waals surface area contributed by atoms with Gasteiger partial charge in [0, 0.05) is 16.8 Å². The van der Waals surface area contributed by atoms with Crippen LogP contribution in [0.1, 0.15) is 48.3 Å². The van der Waals surface area contributed by atoms with Crippen molar-refractivity contribution in [2.24, 2.45) is 11.8 Å². The van der Waals surface area contributed by atoms with Crippen molar-refractivity contribution in [2.45, 2.75) is 44.4 Å². The van der Waals surface area contributed by atoms with Gasteiger partial charge in [-0.05, 0) is 66.1 Å². The topological polar surface area (TPSA) is 55.4 Å². The standard InChI is InChI=1S/C29H26BrF4NO3/c30-21-12-9-19(10-13-21)22-7-4-8-23(24(22)16-27(36)38-17-18-5-2-1-3-6-18)28(37)35-26-14-11-20(15-25(26)31)29(32,33)34/h1-3,5-6,9-15,22-24H,4,7-8,16-17H2,(H,35,37)/t22-,23-,24-/m1/s1. The molecule has 1 N–H and O–H groups in total. The molecular formula is C29H26BrF4NO3. The summed E-state index contributed by atoms with van der Waals surface area (Å²) in [4.78, 5) is 26.2. The molecule has 0 heterocycles. The van der Waals surface area contributed by atoms with E-state index in [4.69, 9.17) is 4.74 Å². The fourth-order valence-electron chi connectivity index (χ4n) is 5.01. The molecule has 3 atom stereocenters. The maximum absolute atomic E-state index is 14.5. The van der Waals surface area contributed by atoms with Crippen molar-refractivity contribution in [3.63, 3.8) is 0 Å². The number of amides is 1. The summed E-state index contributed by atoms with van der Waals surface area (Å²) in [6, 6.07) is 18.9. The second-order valence-electron chi connectivity index (χ2n) is 9.39. The zero-order valence-electron chi connectivity index (χ0n) is 20.3. The molecule has 0 bridgehead atoms. The fraction of sp³-hybridized carbons (Fsp3) is 0.310. The van der Waals surface area contributed by atoms with E-state index in [1.807, 2.05) is 54.6 Å². The molecule has 4 rings (SSSR count). The van der Waals surface area contributed by atoms with Crippen molar-refractivity contribution in [2.75, 3.05) is 5.32 Å². The maximum Gasteiger partial charge on any atom is 0.416 e. The van der Waals surface area contributed by atoms with E-state index >= 15 is 0 Å². The lowest BCUT2D eigenvalue weighted by atomic mass is 9.67. The Labute approximate surface area is 226 Å². The van der Waals surface area contributed by atoms with E-state index in [2.05, 4.69) is 21.2 Å². The van der Waals surface area contributed by atoms with Crippen molar-refractivity contribution >= 4 is 33.5 Å². The van der Waals surface area contributed by atoms with Gasteiger partial charge in [0.25, 0.3) is 0 Å². The number of alkyl halides is 3. The van der Waals surface area contributed by atoms with Crippen LogP contribution in [0.2, 0.25) is 0 Å². The van der Waals surface area contributed by atoms with Gasteiger partial charge in [0.1, 0.15) is 12.4 Å². The van der Waals surface area contributed by atoms with Gasteiger partial charge in [-0.3, -0.25) is 9.59 Å². The summed E-state index contributed by atoms with van der Waals surface area (Å²) < 4.78 is 59.6. The van der Waals surface area contributed by atoms with Crippen LogP contribution in [-0.2, 0) is 27.1 Å². The number of halogens is 5. The summed E-state index contributed by atoms with van der Waals surface area (Å²) in [6.07, 6.45) is -2.82. The molecular weight excluding hydrogens is 566 g/mol. The monoisotopic (exact) mass is 591 g/mol. The lowest BCUT2D eigenvalue weighted by Crippen LogP contribution is -2.37. The number of anilines is 1. The van der Waals surface area contributed by atoms with Gasteiger partial charge >= 0.3 is 12.1 Å². The summed E-state index contributed by atoms with van der Waals surface area (Å²) >= 11 is 3.42. The zero-order chi connectivity index (χ0) is 27.3. The number of hydrogen-bond acceptors (Lipinski definition) is 3. The molecule has 0 aromatic heterocycles. The van der Waals surface area contributed by atoms with Crippen LogP contribution in [0, 0.1) is 17.7 Å². The van der Waals surface area contributed by atoms with Gasteiger partial charge in [-0.2, -0.15) is 13.2 Å². The Morgan fingerprint density at radius 3 is 2.34 bits per heavy atom. The largest absolute Gasteiger partial charge is 0.461 e. The van der Waals surface area contributed by atoms with Crippen molar-refractivity contribution in [3.8, 4) is 0 Å². The van der Waals surface area contributed by atoms with Gasteiger partial charge in [0.15, 0.2) is 0 Å². The number of esters is 1. The summed E-state index contributed by atoms with van der Waals surface area (Å²) in [5.74, 6) is -3.40. The quantitative estimate of drug-likeness (QED) is 0.224. The van der Waals surface area contributed by atoms with Crippen molar-refractivity contribution in [3.05, 3.63) is 99.8 Å². The minimum Gasteiger partial charge on any atom is -0.461 e. The van der Waals surface area contributed by atoms with Gasteiger partial charge < -0.3 is 10.1 Å². The highest BCUT2D eigenvalue weighted by Gasteiger charge is 2.40. The maximum atomic E-state index is 14.5. The third kappa shape index (κ3) is 7.01. The summed E-state index contributed by atoms with van der Waals surface area (Å²) in [6.45, 7) is 0.100. The first-order valence-corrected chi connectivity index (χ1v) is 13.0. The first-order valence-electron chi connectivity index (χ1n) is 12.2. The number of carbonyl (C=O) groups is 2. The number of carbonyl (C=O) groups excluding carboxylic acids is 2. The van der Waals surface area contributed by atoms with E-state index in [1.165, 1.54) is 0 Å². The fourth-order valence-corrected chi connectivity index (χ4v) is 5.27. The van der Waals surface area contributed by atoms with E-state index in [-0.39, 0.29) is 24.6 Å². The van der Waals surface area contributed by atoms with Crippen LogP contribution in [0.15, 0.2) is 77.3 Å². The molecule has 0 saturated heterocycles. The average molecular weight is 592 g/mol. The lowest BCUT2D eigenvalue weighted by molar-refractivity contribution is -0.147. The lowest BCUT2D eigenvalue weighted by Gasteiger charge is -2.37. The second-order valence-corrected chi connectivity index (χ2v) is 10.3. The number of rotatable bonds is 7. The molecule has 0 aliphatic heterocycles. The van der Waals surface area contributed by atoms with E-state index in [1.54, 1.807) is 0 Å². The van der Waals surface area contributed by atoms with E-state index in [0.717, 1.165) is 34.2 Å². The highest BCUT2D eigenvalue weighted by Crippen LogP contribution is 2.44. The van der Waals surface area contributed by atoms with Crippen LogP contribution in [0.3, 0.4) is 0 Å². The molecule has 200 valence electrons. The third-order valence-corrected chi connectivity index (χ3v) is 7.43.